The van der Waals surface area contributed by atoms with Gasteiger partial charge in [0.25, 0.3) is 6.43 Å². The van der Waals surface area contributed by atoms with E-state index in [2.05, 4.69) is 20.9 Å². The van der Waals surface area contributed by atoms with Crippen LogP contribution >= 0.6 is 15.9 Å². The van der Waals surface area contributed by atoms with Crippen molar-refractivity contribution in [2.75, 3.05) is 0 Å². The molecule has 0 spiro atoms. The molecule has 1 rings (SSSR count). The molecular weight excluding hydrogens is 311 g/mol. The number of alkyl halides is 5. The lowest BCUT2D eigenvalue weighted by Crippen LogP contribution is -2.14. The average molecular weight is 315 g/mol. The van der Waals surface area contributed by atoms with Crippen LogP contribution in [0.5, 0.6) is 0 Å². The zero-order valence-electron chi connectivity index (χ0n) is 8.02. The number of hydrogen-bond acceptors (Lipinski definition) is 2. The Kier molecular flexibility index (Phi) is 4.03. The minimum Gasteiger partial charge on any atom is -0.236 e. The number of nitriles is 1. The molecule has 0 saturated heterocycles. The molecule has 1 aromatic rings. The highest BCUT2D eigenvalue weighted by molar-refractivity contribution is 9.10. The fraction of sp³-hybridized carbons (Fsp3) is 0.333. The van der Waals surface area contributed by atoms with Crippen LogP contribution in [0.1, 0.15) is 23.2 Å². The van der Waals surface area contributed by atoms with Crippen molar-refractivity contribution in [3.63, 3.8) is 0 Å². The van der Waals surface area contributed by atoms with E-state index >= 15 is 0 Å². The van der Waals surface area contributed by atoms with Crippen molar-refractivity contribution in [3.05, 3.63) is 27.5 Å². The summed E-state index contributed by atoms with van der Waals surface area (Å²) in [6, 6.07) is 2.21. The van der Waals surface area contributed by atoms with Crippen LogP contribution in [0.15, 0.2) is 10.7 Å². The summed E-state index contributed by atoms with van der Waals surface area (Å²) in [6.07, 6.45) is -8.74. The molecule has 0 aromatic carbocycles. The molecule has 0 bridgehead atoms. The molecular formula is C9H4BrF5N2. The van der Waals surface area contributed by atoms with Gasteiger partial charge in [-0.3, -0.25) is 0 Å². The Hall–Kier alpha value is -1.23. The van der Waals surface area contributed by atoms with Crippen molar-refractivity contribution < 1.29 is 22.0 Å². The van der Waals surface area contributed by atoms with E-state index in [-0.39, 0.29) is 4.60 Å². The molecule has 1 heterocycles. The molecule has 0 fully saturated rings. The van der Waals surface area contributed by atoms with Crippen molar-refractivity contribution in [1.29, 1.82) is 5.26 Å². The molecule has 1 aromatic heterocycles. The quantitative estimate of drug-likeness (QED) is 0.614. The van der Waals surface area contributed by atoms with Gasteiger partial charge in [-0.25, -0.2) is 13.8 Å². The van der Waals surface area contributed by atoms with Crippen LogP contribution in [0, 0.1) is 11.3 Å². The smallest absolute Gasteiger partial charge is 0.236 e. The molecule has 0 aliphatic carbocycles. The van der Waals surface area contributed by atoms with E-state index in [1.807, 2.05) is 0 Å². The molecule has 17 heavy (non-hydrogen) atoms. The van der Waals surface area contributed by atoms with Crippen LogP contribution in [0.4, 0.5) is 22.0 Å². The van der Waals surface area contributed by atoms with Gasteiger partial charge in [0, 0.05) is 11.1 Å². The van der Waals surface area contributed by atoms with Gasteiger partial charge in [0.15, 0.2) is 0 Å². The van der Waals surface area contributed by atoms with Crippen molar-refractivity contribution in [3.8, 4) is 6.07 Å². The van der Waals surface area contributed by atoms with E-state index in [1.54, 1.807) is 0 Å². The Labute approximate surface area is 101 Å². The maximum absolute atomic E-state index is 12.6. The van der Waals surface area contributed by atoms with Crippen molar-refractivity contribution in [2.24, 2.45) is 0 Å². The van der Waals surface area contributed by atoms with Gasteiger partial charge in [-0.15, -0.1) is 0 Å². The van der Waals surface area contributed by atoms with Crippen molar-refractivity contribution >= 4 is 15.9 Å². The minimum atomic E-state index is -4.88. The largest absolute Gasteiger partial charge is 0.433 e. The summed E-state index contributed by atoms with van der Waals surface area (Å²) < 4.78 is 62.5. The first kappa shape index (κ1) is 13.8. The van der Waals surface area contributed by atoms with Crippen molar-refractivity contribution in [2.45, 2.75) is 19.0 Å². The third kappa shape index (κ3) is 3.12. The topological polar surface area (TPSA) is 36.7 Å². The second-order valence-electron chi connectivity index (χ2n) is 2.99. The summed E-state index contributed by atoms with van der Waals surface area (Å²) in [4.78, 5) is 3.11. The van der Waals surface area contributed by atoms with Gasteiger partial charge in [-0.1, -0.05) is 0 Å². The summed E-state index contributed by atoms with van der Waals surface area (Å²) in [5, 5.41) is 8.38. The van der Waals surface area contributed by atoms with Crippen LogP contribution in [0.25, 0.3) is 0 Å². The summed E-state index contributed by atoms with van der Waals surface area (Å²) in [5.41, 5.74) is -3.07. The standard InChI is InChI=1S/C9H4BrF5N2/c10-6-3-5(8(11)12)4(1-2-16)7(17-6)9(13,14)15/h3,8H,1H2. The normalized spacial score (nSPS) is 11.6. The molecule has 0 unspecified atom stereocenters. The van der Waals surface area contributed by atoms with E-state index in [0.29, 0.717) is 0 Å². The van der Waals surface area contributed by atoms with Gasteiger partial charge in [0.05, 0.1) is 12.5 Å². The van der Waals surface area contributed by atoms with E-state index in [1.165, 1.54) is 6.07 Å². The molecule has 2 nitrogen and oxygen atoms in total. The fourth-order valence-corrected chi connectivity index (χ4v) is 1.68. The third-order valence-corrected chi connectivity index (χ3v) is 2.29. The highest BCUT2D eigenvalue weighted by Crippen LogP contribution is 2.36. The highest BCUT2D eigenvalue weighted by Gasteiger charge is 2.37. The Morgan fingerprint density at radius 1 is 1.41 bits per heavy atom. The van der Waals surface area contributed by atoms with Crippen LogP contribution in [0.2, 0.25) is 0 Å². The van der Waals surface area contributed by atoms with Gasteiger partial charge < -0.3 is 0 Å². The van der Waals surface area contributed by atoms with E-state index in [9.17, 15) is 22.0 Å². The van der Waals surface area contributed by atoms with Crippen LogP contribution < -0.4 is 0 Å². The number of aromatic nitrogens is 1. The Morgan fingerprint density at radius 3 is 2.41 bits per heavy atom. The fourth-order valence-electron chi connectivity index (χ4n) is 1.25. The number of hydrogen-bond donors (Lipinski definition) is 0. The van der Waals surface area contributed by atoms with Gasteiger partial charge in [-0.2, -0.15) is 18.4 Å². The number of nitrogens with zero attached hydrogens (tertiary/aromatic N) is 2. The molecule has 92 valence electrons. The monoisotopic (exact) mass is 314 g/mol. The summed E-state index contributed by atoms with van der Waals surface area (Å²) in [5.74, 6) is 0. The molecule has 0 atom stereocenters. The molecule has 0 aliphatic rings. The highest BCUT2D eigenvalue weighted by atomic mass is 79.9. The van der Waals surface area contributed by atoms with Gasteiger partial charge >= 0.3 is 6.18 Å². The predicted octanol–water partition coefficient (Wildman–Crippen LogP) is 3.87. The summed E-state index contributed by atoms with van der Waals surface area (Å²) in [6.45, 7) is 0. The second kappa shape index (κ2) is 4.96. The predicted molar refractivity (Wildman–Crippen MR) is 51.2 cm³/mol. The van der Waals surface area contributed by atoms with Crippen molar-refractivity contribution in [1.82, 2.24) is 4.98 Å². The first-order valence-corrected chi connectivity index (χ1v) is 4.98. The zero-order valence-corrected chi connectivity index (χ0v) is 9.61. The van der Waals surface area contributed by atoms with E-state index in [4.69, 9.17) is 5.26 Å². The zero-order chi connectivity index (χ0) is 13.2. The van der Waals surface area contributed by atoms with E-state index in [0.717, 1.165) is 6.07 Å². The minimum absolute atomic E-state index is 0.346. The third-order valence-electron chi connectivity index (χ3n) is 1.89. The number of pyridine rings is 1. The van der Waals surface area contributed by atoms with E-state index < -0.39 is 35.8 Å². The second-order valence-corrected chi connectivity index (χ2v) is 3.81. The van der Waals surface area contributed by atoms with Gasteiger partial charge in [-0.05, 0) is 22.0 Å². The lowest BCUT2D eigenvalue weighted by Gasteiger charge is -2.14. The molecule has 0 aliphatic heterocycles. The maximum Gasteiger partial charge on any atom is 0.433 e. The van der Waals surface area contributed by atoms with Crippen LogP contribution in [-0.4, -0.2) is 4.98 Å². The molecule has 0 saturated carbocycles. The SMILES string of the molecule is N#CCc1c(C(F)F)cc(Br)nc1C(F)(F)F. The first-order chi connectivity index (χ1) is 7.77. The number of halogens is 6. The van der Waals surface area contributed by atoms with Gasteiger partial charge in [0.2, 0.25) is 0 Å². The van der Waals surface area contributed by atoms with Crippen LogP contribution in [0.3, 0.4) is 0 Å². The average Bonchev–Trinajstić information content (AvgIpc) is 2.18. The molecule has 0 amide bonds. The first-order valence-electron chi connectivity index (χ1n) is 4.19. The molecule has 8 heteroatoms. The molecule has 0 radical (unpaired) electrons. The molecule has 0 N–H and O–H groups in total. The maximum atomic E-state index is 12.6. The Balaban J connectivity index is 3.53. The lowest BCUT2D eigenvalue weighted by molar-refractivity contribution is -0.142. The summed E-state index contributed by atoms with van der Waals surface area (Å²) >= 11 is 2.63. The Bertz CT molecular complexity index is 464. The number of rotatable bonds is 2. The summed E-state index contributed by atoms with van der Waals surface area (Å²) in [7, 11) is 0. The Morgan fingerprint density at radius 2 is 2.00 bits per heavy atom. The lowest BCUT2D eigenvalue weighted by atomic mass is 10.0. The van der Waals surface area contributed by atoms with Gasteiger partial charge in [0.1, 0.15) is 10.3 Å². The van der Waals surface area contributed by atoms with Crippen LogP contribution in [-0.2, 0) is 12.6 Å².